The molecule has 0 bridgehead atoms. The Morgan fingerprint density at radius 2 is 2.00 bits per heavy atom. The summed E-state index contributed by atoms with van der Waals surface area (Å²) >= 11 is 0. The summed E-state index contributed by atoms with van der Waals surface area (Å²) < 4.78 is 10.6. The summed E-state index contributed by atoms with van der Waals surface area (Å²) in [6.07, 6.45) is -1.67. The lowest BCUT2D eigenvalue weighted by Crippen LogP contribution is -2.41. The highest BCUT2D eigenvalue weighted by Gasteiger charge is 2.28. The van der Waals surface area contributed by atoms with E-state index in [1.807, 2.05) is 30.3 Å². The van der Waals surface area contributed by atoms with Gasteiger partial charge < -0.3 is 19.7 Å². The first-order valence-corrected chi connectivity index (χ1v) is 5.39. The second kappa shape index (κ2) is 5.41. The summed E-state index contributed by atoms with van der Waals surface area (Å²) in [5.41, 5.74) is 1.09. The predicted octanol–water partition coefficient (Wildman–Crippen LogP) is 0.671. The van der Waals surface area contributed by atoms with E-state index in [1.165, 1.54) is 0 Å². The maximum absolute atomic E-state index is 9.39. The van der Waals surface area contributed by atoms with Crippen molar-refractivity contribution in [3.63, 3.8) is 0 Å². The van der Waals surface area contributed by atoms with Crippen LogP contribution in [-0.2, 0) is 16.1 Å². The zero-order chi connectivity index (χ0) is 11.4. The first-order valence-electron chi connectivity index (χ1n) is 5.39. The first kappa shape index (κ1) is 11.5. The lowest BCUT2D eigenvalue weighted by molar-refractivity contribution is -0.221. The maximum Gasteiger partial charge on any atom is 0.181 e. The molecule has 1 aliphatic rings. The summed E-state index contributed by atoms with van der Waals surface area (Å²) in [6.45, 7) is 0.822. The fourth-order valence-corrected chi connectivity index (χ4v) is 1.68. The standard InChI is InChI=1S/C12H16O4/c13-11-6-10(8-16-12(11)14)15-7-9-4-2-1-3-5-9/h1-5,10-14H,6-8H2/t10-,11-,12+/m0/s1. The van der Waals surface area contributed by atoms with Crippen LogP contribution in [0, 0.1) is 0 Å². The molecule has 0 spiro atoms. The average molecular weight is 224 g/mol. The molecule has 0 saturated carbocycles. The molecule has 1 heterocycles. The third kappa shape index (κ3) is 3.02. The zero-order valence-electron chi connectivity index (χ0n) is 8.95. The van der Waals surface area contributed by atoms with E-state index in [0.717, 1.165) is 5.56 Å². The number of aliphatic hydroxyl groups excluding tert-OH is 2. The molecule has 2 N–H and O–H groups in total. The summed E-state index contributed by atoms with van der Waals surface area (Å²) in [5, 5.41) is 18.5. The van der Waals surface area contributed by atoms with Crippen LogP contribution in [-0.4, -0.2) is 35.3 Å². The Bertz CT molecular complexity index is 314. The van der Waals surface area contributed by atoms with Gasteiger partial charge in [-0.3, -0.25) is 0 Å². The van der Waals surface area contributed by atoms with Crippen molar-refractivity contribution in [1.82, 2.24) is 0 Å². The molecule has 1 saturated heterocycles. The van der Waals surface area contributed by atoms with Crippen molar-refractivity contribution in [2.45, 2.75) is 31.5 Å². The van der Waals surface area contributed by atoms with Crippen LogP contribution < -0.4 is 0 Å². The lowest BCUT2D eigenvalue weighted by atomic mass is 10.1. The fraction of sp³-hybridized carbons (Fsp3) is 0.500. The minimum Gasteiger partial charge on any atom is -0.388 e. The summed E-state index contributed by atoms with van der Waals surface area (Å²) in [7, 11) is 0. The van der Waals surface area contributed by atoms with E-state index in [4.69, 9.17) is 14.6 Å². The largest absolute Gasteiger partial charge is 0.388 e. The molecule has 1 aliphatic heterocycles. The quantitative estimate of drug-likeness (QED) is 0.792. The van der Waals surface area contributed by atoms with Crippen molar-refractivity contribution in [2.75, 3.05) is 6.61 Å². The average Bonchev–Trinajstić information content (AvgIpc) is 2.32. The normalized spacial score (nSPS) is 30.2. The van der Waals surface area contributed by atoms with Crippen molar-refractivity contribution in [3.05, 3.63) is 35.9 Å². The Morgan fingerprint density at radius 3 is 2.69 bits per heavy atom. The number of rotatable bonds is 3. The summed E-state index contributed by atoms with van der Waals surface area (Å²) in [6, 6.07) is 9.82. The molecule has 1 fully saturated rings. The van der Waals surface area contributed by atoms with E-state index in [1.54, 1.807) is 0 Å². The minimum atomic E-state index is -1.07. The highest BCUT2D eigenvalue weighted by atomic mass is 16.6. The number of hydrogen-bond donors (Lipinski definition) is 2. The van der Waals surface area contributed by atoms with Crippen molar-refractivity contribution >= 4 is 0 Å². The number of hydrogen-bond acceptors (Lipinski definition) is 4. The molecule has 4 nitrogen and oxygen atoms in total. The lowest BCUT2D eigenvalue weighted by Gasteiger charge is -2.30. The van der Waals surface area contributed by atoms with E-state index in [9.17, 15) is 5.11 Å². The van der Waals surface area contributed by atoms with Crippen molar-refractivity contribution < 1.29 is 19.7 Å². The van der Waals surface area contributed by atoms with Gasteiger partial charge >= 0.3 is 0 Å². The van der Waals surface area contributed by atoms with Gasteiger partial charge in [-0.25, -0.2) is 0 Å². The van der Waals surface area contributed by atoms with Gasteiger partial charge in [-0.1, -0.05) is 30.3 Å². The third-order valence-corrected chi connectivity index (χ3v) is 2.61. The number of ether oxygens (including phenoxy) is 2. The highest BCUT2D eigenvalue weighted by molar-refractivity contribution is 5.13. The van der Waals surface area contributed by atoms with Crippen molar-refractivity contribution in [2.24, 2.45) is 0 Å². The monoisotopic (exact) mass is 224 g/mol. The minimum absolute atomic E-state index is 0.154. The molecule has 0 aromatic heterocycles. The molecule has 0 unspecified atom stereocenters. The van der Waals surface area contributed by atoms with Gasteiger partial charge in [0.2, 0.25) is 0 Å². The van der Waals surface area contributed by atoms with E-state index < -0.39 is 12.4 Å². The van der Waals surface area contributed by atoms with Gasteiger partial charge in [0.1, 0.15) is 6.10 Å². The topological polar surface area (TPSA) is 58.9 Å². The van der Waals surface area contributed by atoms with Crippen LogP contribution in [0.25, 0.3) is 0 Å². The number of aliphatic hydroxyl groups is 2. The van der Waals surface area contributed by atoms with Gasteiger partial charge in [-0.15, -0.1) is 0 Å². The van der Waals surface area contributed by atoms with E-state index in [-0.39, 0.29) is 6.10 Å². The smallest absolute Gasteiger partial charge is 0.181 e. The maximum atomic E-state index is 9.39. The van der Waals surface area contributed by atoms with Crippen LogP contribution in [0.3, 0.4) is 0 Å². The van der Waals surface area contributed by atoms with Crippen LogP contribution in [0.15, 0.2) is 30.3 Å². The van der Waals surface area contributed by atoms with Gasteiger partial charge in [0.05, 0.1) is 19.3 Å². The third-order valence-electron chi connectivity index (χ3n) is 2.61. The second-order valence-electron chi connectivity index (χ2n) is 3.95. The highest BCUT2D eigenvalue weighted by Crippen LogP contribution is 2.16. The molecule has 0 radical (unpaired) electrons. The van der Waals surface area contributed by atoms with E-state index >= 15 is 0 Å². The molecule has 4 heteroatoms. The molecule has 1 aromatic rings. The number of benzene rings is 1. The molecule has 1 aromatic carbocycles. The second-order valence-corrected chi connectivity index (χ2v) is 3.95. The van der Waals surface area contributed by atoms with Crippen LogP contribution >= 0.6 is 0 Å². The Labute approximate surface area is 94.4 Å². The summed E-state index contributed by atoms with van der Waals surface area (Å²) in [5.74, 6) is 0. The first-order chi connectivity index (χ1) is 7.75. The van der Waals surface area contributed by atoms with Gasteiger partial charge in [-0.05, 0) is 5.56 Å². The van der Waals surface area contributed by atoms with Crippen LogP contribution in [0.2, 0.25) is 0 Å². The van der Waals surface area contributed by atoms with Crippen LogP contribution in [0.4, 0.5) is 0 Å². The Balaban J connectivity index is 1.79. The molecule has 3 atom stereocenters. The van der Waals surface area contributed by atoms with Gasteiger partial charge in [0.25, 0.3) is 0 Å². The molecular weight excluding hydrogens is 208 g/mol. The molecule has 88 valence electrons. The van der Waals surface area contributed by atoms with Gasteiger partial charge in [-0.2, -0.15) is 0 Å². The van der Waals surface area contributed by atoms with Crippen molar-refractivity contribution in [1.29, 1.82) is 0 Å². The van der Waals surface area contributed by atoms with Crippen LogP contribution in [0.1, 0.15) is 12.0 Å². The SMILES string of the molecule is O[C@@H]1OC[C@@H](OCc2ccccc2)C[C@@H]1O. The molecule has 0 amide bonds. The molecule has 0 aliphatic carbocycles. The molecule has 16 heavy (non-hydrogen) atoms. The fourth-order valence-electron chi connectivity index (χ4n) is 1.68. The predicted molar refractivity (Wildman–Crippen MR) is 57.6 cm³/mol. The zero-order valence-corrected chi connectivity index (χ0v) is 8.95. The van der Waals surface area contributed by atoms with Crippen molar-refractivity contribution in [3.8, 4) is 0 Å². The molecule has 2 rings (SSSR count). The van der Waals surface area contributed by atoms with Gasteiger partial charge in [0.15, 0.2) is 6.29 Å². The molecular formula is C12H16O4. The Hall–Kier alpha value is -0.940. The van der Waals surface area contributed by atoms with E-state index in [2.05, 4.69) is 0 Å². The van der Waals surface area contributed by atoms with E-state index in [0.29, 0.717) is 19.6 Å². The Morgan fingerprint density at radius 1 is 1.25 bits per heavy atom. The van der Waals surface area contributed by atoms with Crippen LogP contribution in [0.5, 0.6) is 0 Å². The Kier molecular flexibility index (Phi) is 3.90. The van der Waals surface area contributed by atoms with Gasteiger partial charge in [0, 0.05) is 6.42 Å². The summed E-state index contributed by atoms with van der Waals surface area (Å²) in [4.78, 5) is 0.